The van der Waals surface area contributed by atoms with Crippen LogP contribution >= 0.6 is 22.9 Å². The largest absolute Gasteiger partial charge is 0.465 e. The number of halogens is 1. The van der Waals surface area contributed by atoms with Crippen LogP contribution in [0, 0.1) is 6.92 Å². The quantitative estimate of drug-likeness (QED) is 0.855. The van der Waals surface area contributed by atoms with Crippen LogP contribution in [0.4, 0.5) is 11.4 Å². The predicted molar refractivity (Wildman–Crippen MR) is 75.1 cm³/mol. The van der Waals surface area contributed by atoms with Gasteiger partial charge in [-0.05, 0) is 36.1 Å². The number of carbonyl (C=O) groups excluding carboxylic acids is 1. The summed E-state index contributed by atoms with van der Waals surface area (Å²) in [5, 5.41) is 5.60. The van der Waals surface area contributed by atoms with Gasteiger partial charge in [-0.1, -0.05) is 17.7 Å². The van der Waals surface area contributed by atoms with Crippen molar-refractivity contribution in [3.63, 3.8) is 0 Å². The summed E-state index contributed by atoms with van der Waals surface area (Å²) in [6.07, 6.45) is 0. The van der Waals surface area contributed by atoms with Crippen LogP contribution in [-0.4, -0.2) is 13.1 Å². The van der Waals surface area contributed by atoms with Crippen LogP contribution in [0.1, 0.15) is 15.2 Å². The molecule has 5 heteroatoms. The molecule has 2 aromatic rings. The molecule has 1 heterocycles. The molecule has 94 valence electrons. The van der Waals surface area contributed by atoms with Gasteiger partial charge in [-0.2, -0.15) is 0 Å². The fraction of sp³-hybridized carbons (Fsp3) is 0.154. The summed E-state index contributed by atoms with van der Waals surface area (Å²) in [7, 11) is 1.37. The van der Waals surface area contributed by atoms with Gasteiger partial charge in [0.25, 0.3) is 0 Å². The number of nitrogens with one attached hydrogen (secondary N) is 1. The first kappa shape index (κ1) is 12.9. The second-order valence-corrected chi connectivity index (χ2v) is 5.09. The fourth-order valence-corrected chi connectivity index (χ4v) is 2.47. The lowest BCUT2D eigenvalue weighted by molar-refractivity contribution is 0.0607. The van der Waals surface area contributed by atoms with Crippen LogP contribution in [0.5, 0.6) is 0 Å². The van der Waals surface area contributed by atoms with Crippen molar-refractivity contribution in [2.24, 2.45) is 0 Å². The maximum Gasteiger partial charge on any atom is 0.350 e. The van der Waals surface area contributed by atoms with Crippen LogP contribution in [0.15, 0.2) is 29.6 Å². The number of carbonyl (C=O) groups is 1. The molecule has 1 aromatic carbocycles. The third kappa shape index (κ3) is 2.66. The Morgan fingerprint density at radius 1 is 1.33 bits per heavy atom. The Balaban J connectivity index is 2.32. The minimum atomic E-state index is -0.351. The summed E-state index contributed by atoms with van der Waals surface area (Å²) < 4.78 is 4.73. The van der Waals surface area contributed by atoms with E-state index in [0.717, 1.165) is 11.3 Å². The molecule has 2 rings (SSSR count). The average Bonchev–Trinajstić information content (AvgIpc) is 2.81. The van der Waals surface area contributed by atoms with Crippen LogP contribution in [0.3, 0.4) is 0 Å². The molecule has 18 heavy (non-hydrogen) atoms. The minimum Gasteiger partial charge on any atom is -0.465 e. The summed E-state index contributed by atoms with van der Waals surface area (Å²) in [6.45, 7) is 1.98. The van der Waals surface area contributed by atoms with Gasteiger partial charge in [-0.15, -0.1) is 11.3 Å². The summed E-state index contributed by atoms with van der Waals surface area (Å²) in [5.41, 5.74) is 2.58. The van der Waals surface area contributed by atoms with E-state index in [4.69, 9.17) is 16.3 Å². The number of hydrogen-bond donors (Lipinski definition) is 1. The highest BCUT2D eigenvalue weighted by molar-refractivity contribution is 7.12. The Labute approximate surface area is 114 Å². The van der Waals surface area contributed by atoms with Crippen LogP contribution in [0.25, 0.3) is 0 Å². The van der Waals surface area contributed by atoms with Gasteiger partial charge in [-0.3, -0.25) is 0 Å². The van der Waals surface area contributed by atoms with Gasteiger partial charge in [-0.25, -0.2) is 4.79 Å². The Morgan fingerprint density at radius 2 is 2.11 bits per heavy atom. The first-order valence-corrected chi connectivity index (χ1v) is 6.56. The number of thiophene rings is 1. The van der Waals surface area contributed by atoms with E-state index in [-0.39, 0.29) is 5.97 Å². The Bertz CT molecular complexity index is 580. The lowest BCUT2D eigenvalue weighted by Gasteiger charge is -2.09. The van der Waals surface area contributed by atoms with E-state index in [1.54, 1.807) is 0 Å². The van der Waals surface area contributed by atoms with Crippen molar-refractivity contribution in [1.29, 1.82) is 0 Å². The molecule has 0 amide bonds. The van der Waals surface area contributed by atoms with E-state index < -0.39 is 0 Å². The first-order valence-electron chi connectivity index (χ1n) is 5.31. The molecule has 0 saturated heterocycles. The maximum atomic E-state index is 11.6. The van der Waals surface area contributed by atoms with Gasteiger partial charge in [0.1, 0.15) is 4.88 Å². The fourth-order valence-electron chi connectivity index (χ4n) is 1.54. The molecule has 0 aliphatic rings. The minimum absolute atomic E-state index is 0.351. The number of aryl methyl sites for hydroxylation is 1. The molecule has 3 nitrogen and oxygen atoms in total. The normalized spacial score (nSPS) is 10.2. The third-order valence-electron chi connectivity index (χ3n) is 2.43. The monoisotopic (exact) mass is 281 g/mol. The summed E-state index contributed by atoms with van der Waals surface area (Å²) in [6, 6.07) is 7.52. The van der Waals surface area contributed by atoms with E-state index in [1.807, 2.05) is 36.6 Å². The first-order chi connectivity index (χ1) is 8.61. The van der Waals surface area contributed by atoms with Gasteiger partial charge >= 0.3 is 5.97 Å². The van der Waals surface area contributed by atoms with Gasteiger partial charge in [0, 0.05) is 0 Å². The standard InChI is InChI=1S/C13H12ClNO2S/c1-8-3-4-9(14)11(7-8)15-10-5-6-18-12(10)13(16)17-2/h3-7,15H,1-2H3. The predicted octanol–water partition coefficient (Wildman–Crippen LogP) is 4.24. The highest BCUT2D eigenvalue weighted by atomic mass is 35.5. The smallest absolute Gasteiger partial charge is 0.350 e. The lowest BCUT2D eigenvalue weighted by Crippen LogP contribution is -2.02. The van der Waals surface area contributed by atoms with Crippen molar-refractivity contribution in [3.8, 4) is 0 Å². The van der Waals surface area contributed by atoms with E-state index >= 15 is 0 Å². The molecule has 0 aliphatic heterocycles. The zero-order valence-electron chi connectivity index (χ0n) is 9.99. The second-order valence-electron chi connectivity index (χ2n) is 3.76. The molecule has 0 bridgehead atoms. The van der Waals surface area contributed by atoms with Crippen molar-refractivity contribution in [1.82, 2.24) is 0 Å². The zero-order chi connectivity index (χ0) is 13.1. The molecule has 0 fully saturated rings. The average molecular weight is 282 g/mol. The van der Waals surface area contributed by atoms with E-state index in [1.165, 1.54) is 18.4 Å². The Hall–Kier alpha value is -1.52. The van der Waals surface area contributed by atoms with Crippen molar-refractivity contribution in [3.05, 3.63) is 45.1 Å². The van der Waals surface area contributed by atoms with E-state index in [2.05, 4.69) is 5.32 Å². The highest BCUT2D eigenvalue weighted by Crippen LogP contribution is 2.30. The summed E-state index contributed by atoms with van der Waals surface area (Å²) >= 11 is 7.44. The SMILES string of the molecule is COC(=O)c1sccc1Nc1cc(C)ccc1Cl. The maximum absolute atomic E-state index is 11.6. The second kappa shape index (κ2) is 5.42. The Morgan fingerprint density at radius 3 is 2.83 bits per heavy atom. The Kier molecular flexibility index (Phi) is 3.89. The number of hydrogen-bond acceptors (Lipinski definition) is 4. The molecular formula is C13H12ClNO2S. The van der Waals surface area contributed by atoms with Gasteiger partial charge < -0.3 is 10.1 Å². The number of anilines is 2. The van der Waals surface area contributed by atoms with Crippen LogP contribution in [0.2, 0.25) is 5.02 Å². The van der Waals surface area contributed by atoms with E-state index in [0.29, 0.717) is 15.6 Å². The van der Waals surface area contributed by atoms with Gasteiger partial charge in [0.2, 0.25) is 0 Å². The zero-order valence-corrected chi connectivity index (χ0v) is 11.6. The molecule has 0 spiro atoms. The van der Waals surface area contributed by atoms with Crippen molar-refractivity contribution in [2.45, 2.75) is 6.92 Å². The number of benzene rings is 1. The summed E-state index contributed by atoms with van der Waals surface area (Å²) in [4.78, 5) is 12.1. The number of esters is 1. The van der Waals surface area contributed by atoms with Crippen molar-refractivity contribution in [2.75, 3.05) is 12.4 Å². The van der Waals surface area contributed by atoms with E-state index in [9.17, 15) is 4.79 Å². The third-order valence-corrected chi connectivity index (χ3v) is 3.65. The van der Waals surface area contributed by atoms with Crippen molar-refractivity contribution < 1.29 is 9.53 Å². The number of rotatable bonds is 3. The lowest BCUT2D eigenvalue weighted by atomic mass is 10.2. The number of ether oxygens (including phenoxy) is 1. The topological polar surface area (TPSA) is 38.3 Å². The molecule has 0 atom stereocenters. The van der Waals surface area contributed by atoms with Crippen molar-refractivity contribution >= 4 is 40.3 Å². The van der Waals surface area contributed by atoms with Gasteiger partial charge in [0.05, 0.1) is 23.5 Å². The molecule has 0 saturated carbocycles. The van der Waals surface area contributed by atoms with Crippen LogP contribution in [-0.2, 0) is 4.74 Å². The molecule has 0 aliphatic carbocycles. The highest BCUT2D eigenvalue weighted by Gasteiger charge is 2.14. The summed E-state index contributed by atoms with van der Waals surface area (Å²) in [5.74, 6) is -0.351. The molecule has 0 unspecified atom stereocenters. The van der Waals surface area contributed by atoms with Gasteiger partial charge in [0.15, 0.2) is 0 Å². The molecule has 0 radical (unpaired) electrons. The van der Waals surface area contributed by atoms with Crippen LogP contribution < -0.4 is 5.32 Å². The molecule has 1 aromatic heterocycles. The molecular weight excluding hydrogens is 270 g/mol. The number of methoxy groups -OCH3 is 1. The molecule has 1 N–H and O–H groups in total.